The number of hydrogen-bond donors (Lipinski definition) is 1. The van der Waals surface area contributed by atoms with Gasteiger partial charge in [-0.1, -0.05) is 41.6 Å². The molecule has 0 unspecified atom stereocenters. The van der Waals surface area contributed by atoms with Crippen LogP contribution in [0.2, 0.25) is 0 Å². The van der Waals surface area contributed by atoms with Crippen molar-refractivity contribution < 1.29 is 4.52 Å². The molecule has 0 aliphatic rings. The van der Waals surface area contributed by atoms with E-state index in [0.29, 0.717) is 6.42 Å². The van der Waals surface area contributed by atoms with Crippen LogP contribution in [-0.4, -0.2) is 10.1 Å². The summed E-state index contributed by atoms with van der Waals surface area (Å²) >= 11 is 3.60. The predicted molar refractivity (Wildman–Crippen MR) is 109 cm³/mol. The lowest BCUT2D eigenvalue weighted by molar-refractivity contribution is 0.459. The number of hydrogen-bond acceptors (Lipinski definition) is 4. The maximum atomic E-state index is 6.51. The van der Waals surface area contributed by atoms with Crippen LogP contribution < -0.4 is 5.73 Å². The zero-order chi connectivity index (χ0) is 17.2. The van der Waals surface area contributed by atoms with Crippen molar-refractivity contribution in [2.45, 2.75) is 12.5 Å². The Kier molecular flexibility index (Phi) is 5.71. The Morgan fingerprint density at radius 3 is 2.62 bits per heavy atom. The van der Waals surface area contributed by atoms with E-state index in [9.17, 15) is 0 Å². The molecule has 0 aliphatic carbocycles. The van der Waals surface area contributed by atoms with Gasteiger partial charge < -0.3 is 10.3 Å². The first-order valence-electron chi connectivity index (χ1n) is 8.02. The van der Waals surface area contributed by atoms with E-state index >= 15 is 0 Å². The van der Waals surface area contributed by atoms with E-state index in [1.807, 2.05) is 60.7 Å². The Hall–Kier alpha value is -2.21. The van der Waals surface area contributed by atoms with Crippen LogP contribution in [0.1, 0.15) is 17.3 Å². The van der Waals surface area contributed by atoms with Crippen LogP contribution in [0.25, 0.3) is 22.2 Å². The van der Waals surface area contributed by atoms with Crippen molar-refractivity contribution >= 4 is 39.3 Å². The van der Waals surface area contributed by atoms with E-state index in [0.717, 1.165) is 38.0 Å². The third kappa shape index (κ3) is 3.51. The van der Waals surface area contributed by atoms with E-state index in [2.05, 4.69) is 26.1 Å². The van der Waals surface area contributed by atoms with Crippen molar-refractivity contribution in [3.63, 3.8) is 0 Å². The molecule has 0 aliphatic heterocycles. The highest BCUT2D eigenvalue weighted by Crippen LogP contribution is 2.36. The Balaban J connectivity index is 0.00000196. The number of benzene rings is 2. The molecule has 4 rings (SSSR count). The van der Waals surface area contributed by atoms with E-state index in [-0.39, 0.29) is 18.4 Å². The summed E-state index contributed by atoms with van der Waals surface area (Å²) in [5.41, 5.74) is 11.0. The summed E-state index contributed by atoms with van der Waals surface area (Å²) in [5.74, 6) is 0. The van der Waals surface area contributed by atoms with Gasteiger partial charge in [0.2, 0.25) is 0 Å². The van der Waals surface area contributed by atoms with Gasteiger partial charge in [0.25, 0.3) is 0 Å². The van der Waals surface area contributed by atoms with Gasteiger partial charge in [-0.2, -0.15) is 0 Å². The molecule has 2 aromatic carbocycles. The summed E-state index contributed by atoms with van der Waals surface area (Å²) in [5, 5.41) is 5.26. The number of nitrogens with two attached hydrogens (primary N) is 1. The summed E-state index contributed by atoms with van der Waals surface area (Å²) < 4.78 is 6.46. The number of halogens is 2. The minimum Gasteiger partial charge on any atom is -0.356 e. The number of nitrogens with zero attached hydrogens (tertiary/aromatic N) is 2. The largest absolute Gasteiger partial charge is 0.356 e. The van der Waals surface area contributed by atoms with Crippen molar-refractivity contribution in [1.82, 2.24) is 10.1 Å². The summed E-state index contributed by atoms with van der Waals surface area (Å²) in [6.45, 7) is 0. The van der Waals surface area contributed by atoms with Gasteiger partial charge in [0.1, 0.15) is 5.69 Å². The standard InChI is InChI=1S/C20H16BrN3O.ClH/c21-16-9-5-10-18-19(16)20(24-25-18)15-8-2-1-7-14(15)17(22)12-13-6-3-4-11-23-13;/h1-11,17H,12,22H2;1H/t17-;/m0./s1. The van der Waals surface area contributed by atoms with Gasteiger partial charge in [-0.3, -0.25) is 4.98 Å². The Bertz CT molecular complexity index is 1020. The van der Waals surface area contributed by atoms with Crippen LogP contribution in [0.3, 0.4) is 0 Å². The van der Waals surface area contributed by atoms with Gasteiger partial charge in [0, 0.05) is 34.4 Å². The zero-order valence-corrected chi connectivity index (χ0v) is 16.2. The number of pyridine rings is 1. The Morgan fingerprint density at radius 2 is 1.81 bits per heavy atom. The van der Waals surface area contributed by atoms with E-state index in [4.69, 9.17) is 10.3 Å². The molecule has 0 spiro atoms. The van der Waals surface area contributed by atoms with E-state index < -0.39 is 0 Å². The van der Waals surface area contributed by atoms with Gasteiger partial charge >= 0.3 is 0 Å². The second-order valence-electron chi connectivity index (χ2n) is 5.86. The fourth-order valence-electron chi connectivity index (χ4n) is 3.02. The van der Waals surface area contributed by atoms with Crippen molar-refractivity contribution in [3.05, 3.63) is 82.6 Å². The number of fused-ring (bicyclic) bond motifs is 1. The first-order chi connectivity index (χ1) is 12.2. The van der Waals surface area contributed by atoms with E-state index in [1.165, 1.54) is 0 Å². The topological polar surface area (TPSA) is 64.9 Å². The third-order valence-electron chi connectivity index (χ3n) is 4.22. The third-order valence-corrected chi connectivity index (χ3v) is 4.88. The molecule has 132 valence electrons. The maximum Gasteiger partial charge on any atom is 0.168 e. The molecule has 4 aromatic rings. The number of aromatic nitrogens is 2. The highest BCUT2D eigenvalue weighted by atomic mass is 79.9. The van der Waals surface area contributed by atoms with E-state index in [1.54, 1.807) is 6.20 Å². The van der Waals surface area contributed by atoms with Crippen LogP contribution in [-0.2, 0) is 6.42 Å². The van der Waals surface area contributed by atoms with Crippen molar-refractivity contribution in [1.29, 1.82) is 0 Å². The van der Waals surface area contributed by atoms with Crippen molar-refractivity contribution in [3.8, 4) is 11.3 Å². The molecule has 2 heterocycles. The Morgan fingerprint density at radius 1 is 1.00 bits per heavy atom. The Labute approximate surface area is 166 Å². The fraction of sp³-hybridized carbons (Fsp3) is 0.100. The highest BCUT2D eigenvalue weighted by Gasteiger charge is 2.19. The molecule has 2 N–H and O–H groups in total. The van der Waals surface area contributed by atoms with Gasteiger partial charge in [0.15, 0.2) is 5.58 Å². The van der Waals surface area contributed by atoms with Crippen molar-refractivity contribution in [2.75, 3.05) is 0 Å². The van der Waals surface area contributed by atoms with Crippen LogP contribution in [0.5, 0.6) is 0 Å². The van der Waals surface area contributed by atoms with Gasteiger partial charge in [-0.15, -0.1) is 12.4 Å². The summed E-state index contributed by atoms with van der Waals surface area (Å²) in [7, 11) is 0. The van der Waals surface area contributed by atoms with Crippen molar-refractivity contribution in [2.24, 2.45) is 5.73 Å². The molecule has 0 fully saturated rings. The number of rotatable bonds is 4. The summed E-state index contributed by atoms with van der Waals surface area (Å²) in [6.07, 6.45) is 2.45. The summed E-state index contributed by atoms with van der Waals surface area (Å²) in [4.78, 5) is 4.38. The normalized spacial score (nSPS) is 11.9. The highest BCUT2D eigenvalue weighted by molar-refractivity contribution is 9.10. The zero-order valence-electron chi connectivity index (χ0n) is 13.8. The average molecular weight is 431 g/mol. The molecular weight excluding hydrogens is 414 g/mol. The molecule has 1 atom stereocenters. The minimum atomic E-state index is -0.180. The molecule has 0 amide bonds. The monoisotopic (exact) mass is 429 g/mol. The lowest BCUT2D eigenvalue weighted by atomic mass is 9.94. The lowest BCUT2D eigenvalue weighted by Gasteiger charge is -2.15. The predicted octanol–water partition coefficient (Wildman–Crippen LogP) is 5.32. The first kappa shape index (κ1) is 18.6. The van der Waals surface area contributed by atoms with Crippen LogP contribution in [0.15, 0.2) is 75.9 Å². The average Bonchev–Trinajstić information content (AvgIpc) is 3.08. The van der Waals surface area contributed by atoms with Gasteiger partial charge in [-0.25, -0.2) is 0 Å². The summed E-state index contributed by atoms with van der Waals surface area (Å²) in [6, 6.07) is 19.6. The van der Waals surface area contributed by atoms with Gasteiger partial charge in [0.05, 0.1) is 5.39 Å². The maximum absolute atomic E-state index is 6.51. The second kappa shape index (κ2) is 7.99. The van der Waals surface area contributed by atoms with Crippen LogP contribution in [0, 0.1) is 0 Å². The quantitative estimate of drug-likeness (QED) is 0.476. The molecule has 6 heteroatoms. The van der Waals surface area contributed by atoms with Gasteiger partial charge in [-0.05, 0) is 45.8 Å². The minimum absolute atomic E-state index is 0. The fourth-order valence-corrected chi connectivity index (χ4v) is 3.56. The van der Waals surface area contributed by atoms with Crippen LogP contribution in [0.4, 0.5) is 0 Å². The molecule has 26 heavy (non-hydrogen) atoms. The van der Waals surface area contributed by atoms with Crippen LogP contribution >= 0.6 is 28.3 Å². The SMILES string of the molecule is Cl.N[C@@H](Cc1ccccn1)c1ccccc1-c1noc2cccc(Br)c12. The molecule has 0 bridgehead atoms. The molecular formula is C20H17BrClN3O. The first-order valence-corrected chi connectivity index (χ1v) is 8.82. The molecule has 0 radical (unpaired) electrons. The lowest BCUT2D eigenvalue weighted by Crippen LogP contribution is -2.15. The molecule has 0 saturated carbocycles. The smallest absolute Gasteiger partial charge is 0.168 e. The molecule has 4 nitrogen and oxygen atoms in total. The molecule has 0 saturated heterocycles. The second-order valence-corrected chi connectivity index (χ2v) is 6.72. The molecule has 2 aromatic heterocycles.